The van der Waals surface area contributed by atoms with Crippen LogP contribution in [-0.4, -0.2) is 29.0 Å². The molecule has 1 aromatic heterocycles. The van der Waals surface area contributed by atoms with Crippen molar-refractivity contribution in [3.63, 3.8) is 0 Å². The molecule has 1 aromatic carbocycles. The molecule has 162 valence electrons. The molecule has 1 saturated heterocycles. The van der Waals surface area contributed by atoms with E-state index in [-0.39, 0.29) is 23.8 Å². The lowest BCUT2D eigenvalue weighted by Gasteiger charge is -2.32. The highest BCUT2D eigenvalue weighted by atomic mass is 19.4. The molecule has 2 aromatic rings. The molecule has 1 fully saturated rings. The lowest BCUT2D eigenvalue weighted by molar-refractivity contribution is -0.141. The Labute approximate surface area is 168 Å². The van der Waals surface area contributed by atoms with Crippen LogP contribution in [0.1, 0.15) is 29.7 Å². The summed E-state index contributed by atoms with van der Waals surface area (Å²) in [6.07, 6.45) is -7.56. The van der Waals surface area contributed by atoms with Crippen molar-refractivity contribution < 1.29 is 31.1 Å². The van der Waals surface area contributed by atoms with Crippen LogP contribution >= 0.6 is 0 Å². The number of anilines is 1. The van der Waals surface area contributed by atoms with Crippen molar-refractivity contribution in [2.45, 2.75) is 31.7 Å². The summed E-state index contributed by atoms with van der Waals surface area (Å²) in [5.74, 6) is -0.705. The molecule has 0 bridgehead atoms. The van der Waals surface area contributed by atoms with E-state index in [2.05, 4.69) is 15.3 Å². The number of amides is 1. The molecule has 3 rings (SSSR count). The van der Waals surface area contributed by atoms with Crippen LogP contribution in [0.25, 0.3) is 0 Å². The molecule has 0 saturated carbocycles. The summed E-state index contributed by atoms with van der Waals surface area (Å²) in [6, 6.07) is 5.86. The third kappa shape index (κ3) is 5.19. The minimum absolute atomic E-state index is 0.0311. The Morgan fingerprint density at radius 1 is 1.03 bits per heavy atom. The third-order valence-corrected chi connectivity index (χ3v) is 4.91. The molecule has 0 radical (unpaired) electrons. The number of nitrogens with zero attached hydrogens (tertiary/aromatic N) is 3. The molecular weight excluding hydrogens is 414 g/mol. The maximum Gasteiger partial charge on any atom is 0.433 e. The molecule has 5 nitrogen and oxygen atoms in total. The number of piperidine rings is 1. The number of hydrogen-bond donors (Lipinski definition) is 1. The van der Waals surface area contributed by atoms with E-state index in [0.29, 0.717) is 25.9 Å². The summed E-state index contributed by atoms with van der Waals surface area (Å²) in [7, 11) is 0. The van der Waals surface area contributed by atoms with E-state index in [1.165, 1.54) is 18.2 Å². The van der Waals surface area contributed by atoms with E-state index in [4.69, 9.17) is 0 Å². The van der Waals surface area contributed by atoms with Crippen molar-refractivity contribution in [1.29, 1.82) is 0 Å². The average Bonchev–Trinajstić information content (AvgIpc) is 2.71. The van der Waals surface area contributed by atoms with Gasteiger partial charge in [0.2, 0.25) is 5.91 Å². The maximum absolute atomic E-state index is 13.0. The SMILES string of the molecule is O=C(NCc1ccccc1C(F)(F)F)C1CCN(c2cc(C(F)(F)F)ncn2)CC1. The number of hydrogen-bond acceptors (Lipinski definition) is 4. The molecular formula is C19H18F6N4O. The molecule has 0 atom stereocenters. The molecule has 0 aliphatic carbocycles. The van der Waals surface area contributed by atoms with Crippen molar-refractivity contribution in [3.05, 3.63) is 53.5 Å². The van der Waals surface area contributed by atoms with Gasteiger partial charge in [0.1, 0.15) is 17.8 Å². The molecule has 0 unspecified atom stereocenters. The Bertz CT molecular complexity index is 891. The van der Waals surface area contributed by atoms with E-state index < -0.39 is 29.5 Å². The zero-order valence-electron chi connectivity index (χ0n) is 15.6. The van der Waals surface area contributed by atoms with Gasteiger partial charge in [-0.05, 0) is 24.5 Å². The fourth-order valence-corrected chi connectivity index (χ4v) is 3.32. The van der Waals surface area contributed by atoms with E-state index >= 15 is 0 Å². The monoisotopic (exact) mass is 432 g/mol. The highest BCUT2D eigenvalue weighted by Gasteiger charge is 2.35. The van der Waals surface area contributed by atoms with Gasteiger partial charge in [-0.1, -0.05) is 18.2 Å². The summed E-state index contributed by atoms with van der Waals surface area (Å²) in [5.41, 5.74) is -1.88. The summed E-state index contributed by atoms with van der Waals surface area (Å²) in [4.78, 5) is 21.1. The fraction of sp³-hybridized carbons (Fsp3) is 0.421. The lowest BCUT2D eigenvalue weighted by atomic mass is 9.95. The van der Waals surface area contributed by atoms with Gasteiger partial charge in [0.25, 0.3) is 0 Å². The summed E-state index contributed by atoms with van der Waals surface area (Å²) in [6.45, 7) is 0.340. The van der Waals surface area contributed by atoms with Crippen LogP contribution in [0.4, 0.5) is 32.2 Å². The normalized spacial score (nSPS) is 15.9. The standard InChI is InChI=1S/C19H18F6N4O/c20-18(21,22)14-4-2-1-3-13(14)10-26-17(30)12-5-7-29(8-6-12)16-9-15(19(23,24)25)27-11-28-16/h1-4,9,11-12H,5-8,10H2,(H,26,30). The zero-order chi connectivity index (χ0) is 21.9. The number of benzene rings is 1. The average molecular weight is 432 g/mol. The first-order chi connectivity index (χ1) is 14.1. The summed E-state index contributed by atoms with van der Waals surface area (Å²) >= 11 is 0. The van der Waals surface area contributed by atoms with Gasteiger partial charge in [-0.25, -0.2) is 9.97 Å². The topological polar surface area (TPSA) is 58.1 Å². The van der Waals surface area contributed by atoms with Crippen LogP contribution in [0, 0.1) is 5.92 Å². The quantitative estimate of drug-likeness (QED) is 0.741. The Morgan fingerprint density at radius 2 is 1.70 bits per heavy atom. The number of carbonyl (C=O) groups excluding carboxylic acids is 1. The van der Waals surface area contributed by atoms with Gasteiger partial charge in [0.15, 0.2) is 0 Å². The van der Waals surface area contributed by atoms with Gasteiger partial charge in [-0.2, -0.15) is 26.3 Å². The van der Waals surface area contributed by atoms with Crippen LogP contribution in [0.5, 0.6) is 0 Å². The van der Waals surface area contributed by atoms with Crippen molar-refractivity contribution in [2.75, 3.05) is 18.0 Å². The van der Waals surface area contributed by atoms with Gasteiger partial charge in [0, 0.05) is 31.6 Å². The number of aromatic nitrogens is 2. The van der Waals surface area contributed by atoms with Crippen molar-refractivity contribution in [1.82, 2.24) is 15.3 Å². The Balaban J connectivity index is 1.57. The summed E-state index contributed by atoms with van der Waals surface area (Å²) < 4.78 is 77.5. The Hall–Kier alpha value is -2.85. The lowest BCUT2D eigenvalue weighted by Crippen LogP contribution is -2.41. The first-order valence-corrected chi connectivity index (χ1v) is 9.12. The second-order valence-corrected chi connectivity index (χ2v) is 6.89. The number of halogens is 6. The van der Waals surface area contributed by atoms with E-state index in [1.54, 1.807) is 4.90 Å². The smallest absolute Gasteiger partial charge is 0.356 e. The van der Waals surface area contributed by atoms with E-state index in [1.807, 2.05) is 0 Å². The zero-order valence-corrected chi connectivity index (χ0v) is 15.6. The van der Waals surface area contributed by atoms with E-state index in [9.17, 15) is 31.1 Å². The van der Waals surface area contributed by atoms with Crippen LogP contribution in [0.2, 0.25) is 0 Å². The molecule has 30 heavy (non-hydrogen) atoms. The minimum Gasteiger partial charge on any atom is -0.356 e. The number of alkyl halides is 6. The van der Waals surface area contributed by atoms with Gasteiger partial charge < -0.3 is 10.2 Å². The molecule has 0 spiro atoms. The van der Waals surface area contributed by atoms with Crippen LogP contribution in [0.3, 0.4) is 0 Å². The molecule has 11 heteroatoms. The van der Waals surface area contributed by atoms with Gasteiger partial charge in [-0.15, -0.1) is 0 Å². The summed E-state index contributed by atoms with van der Waals surface area (Å²) in [5, 5.41) is 2.53. The van der Waals surface area contributed by atoms with E-state index in [0.717, 1.165) is 18.5 Å². The predicted molar refractivity (Wildman–Crippen MR) is 95.3 cm³/mol. The largest absolute Gasteiger partial charge is 0.433 e. The van der Waals surface area contributed by atoms with Crippen LogP contribution in [0.15, 0.2) is 36.7 Å². The van der Waals surface area contributed by atoms with Crippen molar-refractivity contribution in [2.24, 2.45) is 5.92 Å². The Kier molecular flexibility index (Phi) is 6.18. The van der Waals surface area contributed by atoms with Gasteiger partial charge in [-0.3, -0.25) is 4.79 Å². The molecule has 1 aliphatic heterocycles. The first-order valence-electron chi connectivity index (χ1n) is 9.12. The third-order valence-electron chi connectivity index (χ3n) is 4.91. The van der Waals surface area contributed by atoms with Crippen molar-refractivity contribution >= 4 is 11.7 Å². The maximum atomic E-state index is 13.0. The Morgan fingerprint density at radius 3 is 2.33 bits per heavy atom. The predicted octanol–water partition coefficient (Wildman–Crippen LogP) is 4.05. The van der Waals surface area contributed by atoms with Gasteiger partial charge in [0.05, 0.1) is 5.56 Å². The molecule has 1 N–H and O–H groups in total. The van der Waals surface area contributed by atoms with Crippen LogP contribution < -0.4 is 10.2 Å². The second kappa shape index (κ2) is 8.49. The molecule has 1 amide bonds. The molecule has 2 heterocycles. The second-order valence-electron chi connectivity index (χ2n) is 6.89. The van der Waals surface area contributed by atoms with Crippen molar-refractivity contribution in [3.8, 4) is 0 Å². The highest BCUT2D eigenvalue weighted by molar-refractivity contribution is 5.79. The number of rotatable bonds is 4. The fourth-order valence-electron chi connectivity index (χ4n) is 3.32. The minimum atomic E-state index is -4.58. The number of carbonyl (C=O) groups is 1. The number of nitrogens with one attached hydrogen (secondary N) is 1. The molecule has 1 aliphatic rings. The first kappa shape index (κ1) is 21.8. The van der Waals surface area contributed by atoms with Gasteiger partial charge >= 0.3 is 12.4 Å². The van der Waals surface area contributed by atoms with Crippen LogP contribution in [-0.2, 0) is 23.7 Å². The highest BCUT2D eigenvalue weighted by Crippen LogP contribution is 2.32.